The fraction of sp³-hybridized carbons (Fsp3) is 0.241. The molecule has 8 N–H and O–H groups in total. The molecule has 27 heteroatoms. The van der Waals surface area contributed by atoms with Gasteiger partial charge in [0.25, 0.3) is 11.8 Å². The Balaban J connectivity index is 0.000000223. The summed E-state index contributed by atoms with van der Waals surface area (Å²) in [7, 11) is -11.9. The molecule has 4 unspecified atom stereocenters. The van der Waals surface area contributed by atoms with Crippen LogP contribution in [-0.4, -0.2) is 98.2 Å². The van der Waals surface area contributed by atoms with Crippen LogP contribution in [0.2, 0.25) is 10.0 Å². The van der Waals surface area contributed by atoms with Gasteiger partial charge in [0.2, 0.25) is 17.7 Å². The predicted octanol–water partition coefficient (Wildman–Crippen LogP) is 16.2. The van der Waals surface area contributed by atoms with E-state index >= 15 is 0 Å². The molecule has 0 aromatic heterocycles. The summed E-state index contributed by atoms with van der Waals surface area (Å²) >= 11 is 12.5. The molecular formula is C79H83Cl2N5O17S3. The first-order chi connectivity index (χ1) is 49.9. The third-order valence-corrected chi connectivity index (χ3v) is 23.8. The number of hydrogen-bond donors (Lipinski definition) is 8. The Bertz CT molecular complexity index is 5030. The van der Waals surface area contributed by atoms with E-state index in [0.29, 0.717) is 28.9 Å². The predicted molar refractivity (Wildman–Crippen MR) is 413 cm³/mol. The number of aromatic hydroxyl groups is 3. The van der Waals surface area contributed by atoms with Crippen molar-refractivity contribution in [3.63, 3.8) is 0 Å². The lowest BCUT2D eigenvalue weighted by atomic mass is 9.87. The summed E-state index contributed by atoms with van der Waals surface area (Å²) in [5.41, 5.74) is 4.59. The molecule has 0 fully saturated rings. The second-order valence-corrected chi connectivity index (χ2v) is 33.1. The average Bonchev–Trinajstić information content (AvgIpc) is 0.782. The van der Waals surface area contributed by atoms with Crippen molar-refractivity contribution in [3.8, 4) is 34.5 Å². The normalized spacial score (nSPS) is 12.5. The minimum Gasteiger partial charge on any atom is -0.507 e. The van der Waals surface area contributed by atoms with Gasteiger partial charge in [0.05, 0.1) is 64.8 Å². The Labute approximate surface area is 627 Å². The molecular weight excluding hydrogens is 1460 g/mol. The molecule has 0 aliphatic rings. The van der Waals surface area contributed by atoms with Crippen molar-refractivity contribution in [2.45, 2.75) is 137 Å². The summed E-state index contributed by atoms with van der Waals surface area (Å²) < 4.78 is 89.8. The van der Waals surface area contributed by atoms with Crippen LogP contribution in [0.25, 0.3) is 0 Å². The SMILES string of the molecule is CCC(C(=O)Nc1cc(O)c(NC(=O)c2ccc(C)cc2)cc1Cl)S(=O)(=O)c1ccc(C(C)(C)C)cc1.CCC(C)Oc1ccc(Oc2cc(C=O)c(O)cc2NC(=O)C(CC)S(=O)(=O)c2ccc(C)cc2)cc1.Cc1ccc(C(=O)Nc2cc(Cl)c(NC(=O)C(C)S(=O)(=O)c3ccccc3)cc2O)cc1. The largest absolute Gasteiger partial charge is 0.507 e. The molecule has 9 rings (SSSR count). The molecule has 0 bridgehead atoms. The number of amides is 5. The van der Waals surface area contributed by atoms with Gasteiger partial charge in [-0.2, -0.15) is 0 Å². The van der Waals surface area contributed by atoms with Crippen molar-refractivity contribution < 1.29 is 78.8 Å². The Kier molecular flexibility index (Phi) is 28.0. The molecule has 0 heterocycles. The highest BCUT2D eigenvalue weighted by Crippen LogP contribution is 2.39. The summed E-state index contributed by atoms with van der Waals surface area (Å²) in [6.07, 6.45) is 1.40. The van der Waals surface area contributed by atoms with E-state index in [9.17, 15) is 69.3 Å². The van der Waals surface area contributed by atoms with Crippen molar-refractivity contribution in [2.75, 3.05) is 26.6 Å². The van der Waals surface area contributed by atoms with Crippen LogP contribution in [-0.2, 0) is 49.3 Å². The maximum absolute atomic E-state index is 13.2. The molecule has 0 aliphatic heterocycles. The lowest BCUT2D eigenvalue weighted by Gasteiger charge is -2.20. The number of carbonyl (C=O) groups is 6. The van der Waals surface area contributed by atoms with E-state index in [1.54, 1.807) is 129 Å². The maximum atomic E-state index is 13.2. The fourth-order valence-corrected chi connectivity index (χ4v) is 15.1. The van der Waals surface area contributed by atoms with Crippen LogP contribution in [0.1, 0.15) is 128 Å². The van der Waals surface area contributed by atoms with Crippen LogP contribution in [0.5, 0.6) is 34.5 Å². The monoisotopic (exact) mass is 1540 g/mol. The van der Waals surface area contributed by atoms with Crippen molar-refractivity contribution in [1.82, 2.24) is 0 Å². The molecule has 5 amide bonds. The van der Waals surface area contributed by atoms with E-state index in [-0.39, 0.29) is 106 Å². The summed E-state index contributed by atoms with van der Waals surface area (Å²) in [6.45, 7) is 20.2. The van der Waals surface area contributed by atoms with Gasteiger partial charge >= 0.3 is 0 Å². The lowest BCUT2D eigenvalue weighted by Crippen LogP contribution is -2.34. The maximum Gasteiger partial charge on any atom is 0.255 e. The van der Waals surface area contributed by atoms with Crippen LogP contribution in [0.3, 0.4) is 0 Å². The van der Waals surface area contributed by atoms with Gasteiger partial charge in [0.1, 0.15) is 44.5 Å². The topological polar surface area (TPSA) is 344 Å². The summed E-state index contributed by atoms with van der Waals surface area (Å²) in [4.78, 5) is 75.2. The van der Waals surface area contributed by atoms with Crippen LogP contribution >= 0.6 is 23.2 Å². The molecule has 0 saturated carbocycles. The number of nitrogens with one attached hydrogen (secondary N) is 5. The van der Waals surface area contributed by atoms with Gasteiger partial charge in [-0.15, -0.1) is 0 Å². The smallest absolute Gasteiger partial charge is 0.255 e. The third-order valence-electron chi connectivity index (χ3n) is 16.7. The molecule has 0 spiro atoms. The minimum atomic E-state index is -3.99. The quantitative estimate of drug-likeness (QED) is 0.0206. The number of benzene rings is 9. The van der Waals surface area contributed by atoms with E-state index in [1.165, 1.54) is 67.6 Å². The Hall–Kier alpha value is -10.6. The highest BCUT2D eigenvalue weighted by molar-refractivity contribution is 7.93. The first-order valence-corrected chi connectivity index (χ1v) is 38.8. The van der Waals surface area contributed by atoms with Crippen molar-refractivity contribution in [3.05, 3.63) is 237 Å². The number of carbonyl (C=O) groups excluding carboxylic acids is 6. The van der Waals surface area contributed by atoms with Crippen LogP contribution in [0, 0.1) is 20.8 Å². The molecule has 0 radical (unpaired) electrons. The highest BCUT2D eigenvalue weighted by atomic mass is 35.5. The zero-order chi connectivity index (χ0) is 78.2. The van der Waals surface area contributed by atoms with Gasteiger partial charge in [0.15, 0.2) is 41.5 Å². The van der Waals surface area contributed by atoms with E-state index in [4.69, 9.17) is 32.7 Å². The number of aldehydes is 1. The zero-order valence-electron chi connectivity index (χ0n) is 59.9. The van der Waals surface area contributed by atoms with Gasteiger partial charge in [-0.3, -0.25) is 28.8 Å². The standard InChI is InChI=1S/C28H31ClN2O5S.C28H31NO7S.C23H21ClN2O5S/c1-6-25(37(35,36)20-13-11-19(12-14-20)28(3,4)5)27(34)30-22-16-24(32)23(15-21(22)29)31-26(33)18-9-7-17(2)8-10-18;1-5-19(4)35-21-9-11-22(12-10-21)36-26-15-20(17-30)25(31)16-24(26)29-28(32)27(6-2)37(33,34)23-13-7-18(3)8-14-23;1-14-8-10-16(11-9-14)23(29)26-20-12-18(24)19(13-21(20)27)25-22(28)15(2)32(30,31)17-6-4-3-5-7-17/h7-16,25,32H,6H2,1-5H3,(H,30,34)(H,31,33);7-17,19,27,31H,5-6H2,1-4H3,(H,29,32);3-13,15,27H,1-2H3,(H,25,28)(H,26,29). The first kappa shape index (κ1) is 82.7. The molecule has 0 aliphatic carbocycles. The minimum absolute atomic E-state index is 0.0117. The van der Waals surface area contributed by atoms with Gasteiger partial charge < -0.3 is 51.4 Å². The number of sulfone groups is 3. The molecule has 9 aromatic rings. The van der Waals surface area contributed by atoms with Gasteiger partial charge in [-0.05, 0) is 168 Å². The van der Waals surface area contributed by atoms with Gasteiger partial charge in [-0.1, -0.05) is 148 Å². The summed E-state index contributed by atoms with van der Waals surface area (Å²) in [5, 5.41) is 39.5. The lowest BCUT2D eigenvalue weighted by molar-refractivity contribution is -0.116. The van der Waals surface area contributed by atoms with Crippen LogP contribution in [0.4, 0.5) is 28.4 Å². The number of anilines is 5. The van der Waals surface area contributed by atoms with Gasteiger partial charge in [-0.25, -0.2) is 25.3 Å². The summed E-state index contributed by atoms with van der Waals surface area (Å²) in [5.74, 6) is -3.24. The van der Waals surface area contributed by atoms with E-state index in [1.807, 2.05) is 55.4 Å². The van der Waals surface area contributed by atoms with Crippen molar-refractivity contribution in [2.24, 2.45) is 0 Å². The zero-order valence-corrected chi connectivity index (χ0v) is 63.9. The second kappa shape index (κ2) is 35.9. The molecule has 9 aromatic carbocycles. The second-order valence-electron chi connectivity index (χ2n) is 25.7. The number of hydrogen-bond acceptors (Lipinski definition) is 17. The van der Waals surface area contributed by atoms with Crippen molar-refractivity contribution >= 4 is 117 Å². The van der Waals surface area contributed by atoms with E-state index in [0.717, 1.165) is 40.8 Å². The van der Waals surface area contributed by atoms with Crippen molar-refractivity contribution in [1.29, 1.82) is 0 Å². The number of ether oxygens (including phenoxy) is 2. The molecule has 22 nitrogen and oxygen atoms in total. The molecule has 0 saturated heterocycles. The average molecular weight is 1540 g/mol. The van der Waals surface area contributed by atoms with Gasteiger partial charge in [0, 0.05) is 29.3 Å². The Morgan fingerprint density at radius 3 is 1.25 bits per heavy atom. The first-order valence-electron chi connectivity index (χ1n) is 33.4. The number of phenolic OH excluding ortho intramolecular Hbond substituents is 3. The highest BCUT2D eigenvalue weighted by Gasteiger charge is 2.36. The molecule has 4 atom stereocenters. The van der Waals surface area contributed by atoms with Crippen LogP contribution in [0.15, 0.2) is 203 Å². The number of aryl methyl sites for hydroxylation is 3. The molecule has 106 heavy (non-hydrogen) atoms. The van der Waals surface area contributed by atoms with E-state index in [2.05, 4.69) is 26.6 Å². The summed E-state index contributed by atoms with van der Waals surface area (Å²) in [6, 6.07) is 48.2. The number of phenols is 3. The van der Waals surface area contributed by atoms with E-state index < -0.39 is 74.8 Å². The Morgan fingerprint density at radius 1 is 0.453 bits per heavy atom. The molecule has 558 valence electrons. The number of rotatable bonds is 24. The number of halogens is 2. The third kappa shape index (κ3) is 21.3. The fourth-order valence-electron chi connectivity index (χ4n) is 10.1. The van der Waals surface area contributed by atoms with Crippen LogP contribution < -0.4 is 36.1 Å². The Morgan fingerprint density at radius 2 is 0.840 bits per heavy atom.